The molecular weight excluding hydrogens is 431 g/mol. The maximum absolute atomic E-state index is 14.3. The van der Waals surface area contributed by atoms with Crippen molar-refractivity contribution < 1.29 is 23.4 Å². The fraction of sp³-hybridized carbons (Fsp3) is 0.375. The highest BCUT2D eigenvalue weighted by Gasteiger charge is 2.25. The summed E-state index contributed by atoms with van der Waals surface area (Å²) in [5.74, 6) is 0.808. The van der Waals surface area contributed by atoms with Gasteiger partial charge in [0.25, 0.3) is 5.91 Å². The van der Waals surface area contributed by atoms with Crippen molar-refractivity contribution in [3.8, 4) is 11.5 Å². The number of hydrogen-bond donors (Lipinski definition) is 1. The molecule has 1 atom stereocenters. The van der Waals surface area contributed by atoms with E-state index in [1.165, 1.54) is 17.4 Å². The molecule has 1 unspecified atom stereocenters. The first-order valence-corrected chi connectivity index (χ1v) is 11.3. The Bertz CT molecular complexity index is 1110. The molecule has 2 heterocycles. The number of methoxy groups -OCH3 is 2. The molecule has 0 bridgehead atoms. The second-order valence-electron chi connectivity index (χ2n) is 7.66. The number of hydrogen-bond acceptors (Lipinski definition) is 6. The van der Waals surface area contributed by atoms with Gasteiger partial charge < -0.3 is 19.5 Å². The zero-order valence-corrected chi connectivity index (χ0v) is 19.3. The fourth-order valence-corrected chi connectivity index (χ4v) is 5.29. The van der Waals surface area contributed by atoms with Gasteiger partial charge in [0.2, 0.25) is 0 Å². The number of nitrogens with zero attached hydrogens (tertiary/aromatic N) is 1. The molecule has 170 valence electrons. The van der Waals surface area contributed by atoms with E-state index in [4.69, 9.17) is 14.2 Å². The van der Waals surface area contributed by atoms with Gasteiger partial charge in [-0.25, -0.2) is 4.39 Å². The maximum Gasteiger partial charge on any atom is 0.261 e. The van der Waals surface area contributed by atoms with E-state index in [1.54, 1.807) is 27.2 Å². The minimum atomic E-state index is -0.299. The van der Waals surface area contributed by atoms with E-state index in [0.717, 1.165) is 23.4 Å². The fourth-order valence-electron chi connectivity index (χ4n) is 4.15. The quantitative estimate of drug-likeness (QED) is 0.576. The predicted octanol–water partition coefficient (Wildman–Crippen LogP) is 4.17. The van der Waals surface area contributed by atoms with Crippen LogP contribution in [0.5, 0.6) is 11.5 Å². The van der Waals surface area contributed by atoms with Crippen LogP contribution in [0.25, 0.3) is 10.1 Å². The number of carbonyl (C=O) groups is 1. The first kappa shape index (κ1) is 22.5. The van der Waals surface area contributed by atoms with Crippen LogP contribution >= 0.6 is 11.3 Å². The molecule has 8 heteroatoms. The third kappa shape index (κ3) is 4.44. The highest BCUT2D eigenvalue weighted by Crippen LogP contribution is 2.34. The number of halogens is 1. The lowest BCUT2D eigenvalue weighted by molar-refractivity contribution is 0.0162. The molecule has 1 aliphatic heterocycles. The summed E-state index contributed by atoms with van der Waals surface area (Å²) in [6.45, 7) is 5.03. The van der Waals surface area contributed by atoms with Crippen LogP contribution in [0, 0.1) is 12.7 Å². The summed E-state index contributed by atoms with van der Waals surface area (Å²) < 4.78 is 31.4. The van der Waals surface area contributed by atoms with Gasteiger partial charge in [0.05, 0.1) is 38.4 Å². The van der Waals surface area contributed by atoms with Crippen molar-refractivity contribution >= 4 is 27.3 Å². The van der Waals surface area contributed by atoms with Crippen molar-refractivity contribution in [1.29, 1.82) is 0 Å². The van der Waals surface area contributed by atoms with Crippen molar-refractivity contribution in [2.45, 2.75) is 13.0 Å². The minimum absolute atomic E-state index is 0.0610. The van der Waals surface area contributed by atoms with E-state index in [0.29, 0.717) is 47.1 Å². The van der Waals surface area contributed by atoms with Gasteiger partial charge in [0, 0.05) is 29.7 Å². The van der Waals surface area contributed by atoms with Crippen LogP contribution < -0.4 is 14.8 Å². The van der Waals surface area contributed by atoms with Crippen LogP contribution in [0.4, 0.5) is 4.39 Å². The summed E-state index contributed by atoms with van der Waals surface area (Å²) in [6, 6.07) is 10.7. The highest BCUT2D eigenvalue weighted by molar-refractivity contribution is 7.21. The first-order valence-electron chi connectivity index (χ1n) is 10.5. The SMILES string of the molecule is COc1ccc(C(CNC(=O)c2sc3cccc(F)c3c2C)N2CCOCC2)cc1OC. The number of ether oxygens (including phenoxy) is 3. The van der Waals surface area contributed by atoms with Gasteiger partial charge in [-0.15, -0.1) is 11.3 Å². The van der Waals surface area contributed by atoms with Gasteiger partial charge in [-0.2, -0.15) is 0 Å². The average molecular weight is 459 g/mol. The van der Waals surface area contributed by atoms with E-state index in [9.17, 15) is 9.18 Å². The number of fused-ring (bicyclic) bond motifs is 1. The normalized spacial score (nSPS) is 15.5. The molecule has 1 saturated heterocycles. The van der Waals surface area contributed by atoms with Crippen molar-refractivity contribution in [3.05, 3.63) is 58.2 Å². The van der Waals surface area contributed by atoms with Crippen LogP contribution in [-0.2, 0) is 4.74 Å². The summed E-state index contributed by atoms with van der Waals surface area (Å²) in [5, 5.41) is 3.60. The van der Waals surface area contributed by atoms with Crippen LogP contribution in [0.1, 0.15) is 26.8 Å². The largest absolute Gasteiger partial charge is 0.493 e. The molecule has 1 N–H and O–H groups in total. The number of aryl methyl sites for hydroxylation is 1. The number of nitrogens with one attached hydrogen (secondary N) is 1. The predicted molar refractivity (Wildman–Crippen MR) is 124 cm³/mol. The van der Waals surface area contributed by atoms with Crippen LogP contribution in [0.2, 0.25) is 0 Å². The van der Waals surface area contributed by atoms with Crippen LogP contribution in [0.3, 0.4) is 0 Å². The molecule has 0 radical (unpaired) electrons. The number of amides is 1. The smallest absolute Gasteiger partial charge is 0.261 e. The number of rotatable bonds is 7. The van der Waals surface area contributed by atoms with Gasteiger partial charge in [-0.1, -0.05) is 12.1 Å². The molecule has 1 aliphatic rings. The molecule has 1 fully saturated rings. The average Bonchev–Trinajstić information content (AvgIpc) is 3.17. The summed E-state index contributed by atoms with van der Waals surface area (Å²) in [7, 11) is 3.21. The lowest BCUT2D eigenvalue weighted by Crippen LogP contribution is -2.43. The van der Waals surface area contributed by atoms with Crippen molar-refractivity contribution in [2.75, 3.05) is 47.1 Å². The van der Waals surface area contributed by atoms with Crippen molar-refractivity contribution in [3.63, 3.8) is 0 Å². The summed E-state index contributed by atoms with van der Waals surface area (Å²) in [4.78, 5) is 15.9. The van der Waals surface area contributed by atoms with Gasteiger partial charge >= 0.3 is 0 Å². The summed E-state index contributed by atoms with van der Waals surface area (Å²) in [6.07, 6.45) is 0. The standard InChI is InChI=1S/C24H27FN2O4S/c1-15-22-17(25)5-4-6-21(22)32-23(15)24(28)26-14-18(27-9-11-31-12-10-27)16-7-8-19(29-2)20(13-16)30-3/h4-8,13,18H,9-12,14H2,1-3H3,(H,26,28). The number of carbonyl (C=O) groups excluding carboxylic acids is 1. The molecule has 32 heavy (non-hydrogen) atoms. The second-order valence-corrected chi connectivity index (χ2v) is 8.71. The van der Waals surface area contributed by atoms with E-state index in [1.807, 2.05) is 24.3 Å². The van der Waals surface area contributed by atoms with Gasteiger partial charge in [-0.05, 0) is 42.3 Å². The Morgan fingerprint density at radius 3 is 2.62 bits per heavy atom. The molecule has 1 aromatic heterocycles. The minimum Gasteiger partial charge on any atom is -0.493 e. The summed E-state index contributed by atoms with van der Waals surface area (Å²) >= 11 is 1.32. The van der Waals surface area contributed by atoms with Gasteiger partial charge in [-0.3, -0.25) is 9.69 Å². The zero-order valence-electron chi connectivity index (χ0n) is 18.4. The van der Waals surface area contributed by atoms with Crippen molar-refractivity contribution in [1.82, 2.24) is 10.2 Å². The van der Waals surface area contributed by atoms with E-state index >= 15 is 0 Å². The van der Waals surface area contributed by atoms with Gasteiger partial charge in [0.1, 0.15) is 5.82 Å². The van der Waals surface area contributed by atoms with Crippen LogP contribution in [-0.4, -0.2) is 57.9 Å². The molecule has 6 nitrogen and oxygen atoms in total. The van der Waals surface area contributed by atoms with Gasteiger partial charge in [0.15, 0.2) is 11.5 Å². The Hall–Kier alpha value is -2.68. The maximum atomic E-state index is 14.3. The Kier molecular flexibility index (Phi) is 6.93. The second kappa shape index (κ2) is 9.85. The topological polar surface area (TPSA) is 60.0 Å². The van der Waals surface area contributed by atoms with Crippen LogP contribution in [0.15, 0.2) is 36.4 Å². The van der Waals surface area contributed by atoms with E-state index < -0.39 is 0 Å². The number of thiophene rings is 1. The van der Waals surface area contributed by atoms with E-state index in [2.05, 4.69) is 10.2 Å². The molecule has 0 saturated carbocycles. The first-order chi connectivity index (χ1) is 15.5. The molecule has 3 aromatic rings. The molecule has 0 aliphatic carbocycles. The Balaban J connectivity index is 1.59. The third-order valence-corrected chi connectivity index (χ3v) is 7.10. The zero-order chi connectivity index (χ0) is 22.7. The lowest BCUT2D eigenvalue weighted by Gasteiger charge is -2.35. The third-order valence-electron chi connectivity index (χ3n) is 5.84. The van der Waals surface area contributed by atoms with E-state index in [-0.39, 0.29) is 17.8 Å². The molecular formula is C24H27FN2O4S. The number of benzene rings is 2. The van der Waals surface area contributed by atoms with Crippen molar-refractivity contribution in [2.24, 2.45) is 0 Å². The highest BCUT2D eigenvalue weighted by atomic mass is 32.1. The number of morpholine rings is 1. The Morgan fingerprint density at radius 2 is 1.94 bits per heavy atom. The molecule has 0 spiro atoms. The summed E-state index contributed by atoms with van der Waals surface area (Å²) in [5.41, 5.74) is 1.69. The molecule has 1 amide bonds. The molecule has 4 rings (SSSR count). The lowest BCUT2D eigenvalue weighted by atomic mass is 10.0. The Morgan fingerprint density at radius 1 is 1.19 bits per heavy atom. The molecule has 2 aromatic carbocycles. The Labute approximate surface area is 190 Å². The monoisotopic (exact) mass is 458 g/mol.